The van der Waals surface area contributed by atoms with Gasteiger partial charge in [0.15, 0.2) is 0 Å². The molecule has 0 nitrogen and oxygen atoms in total. The molecule has 0 aromatic carbocycles. The van der Waals surface area contributed by atoms with Gasteiger partial charge in [0.2, 0.25) is 0 Å². The SMILES string of the molecule is BrC1=C(c2sccc2Br)CC=C1. The molecule has 62 valence electrons. The van der Waals surface area contributed by atoms with Crippen LogP contribution in [0.4, 0.5) is 0 Å². The van der Waals surface area contributed by atoms with Gasteiger partial charge in [-0.2, -0.15) is 0 Å². The highest BCUT2D eigenvalue weighted by Crippen LogP contribution is 2.38. The predicted molar refractivity (Wildman–Crippen MR) is 61.6 cm³/mol. The van der Waals surface area contributed by atoms with Crippen molar-refractivity contribution >= 4 is 48.8 Å². The summed E-state index contributed by atoms with van der Waals surface area (Å²) in [7, 11) is 0. The zero-order valence-electron chi connectivity index (χ0n) is 6.18. The third-order valence-electron chi connectivity index (χ3n) is 1.77. The van der Waals surface area contributed by atoms with Crippen LogP contribution in [0.1, 0.15) is 11.3 Å². The molecule has 3 heteroatoms. The fourth-order valence-electron chi connectivity index (χ4n) is 1.19. The molecule has 1 aliphatic carbocycles. The van der Waals surface area contributed by atoms with Gasteiger partial charge in [0.05, 0.1) is 0 Å². The molecular formula is C9H6Br2S. The van der Waals surface area contributed by atoms with Crippen molar-refractivity contribution in [2.24, 2.45) is 0 Å². The largest absolute Gasteiger partial charge is 0.143 e. The maximum atomic E-state index is 3.54. The molecule has 0 aliphatic heterocycles. The zero-order chi connectivity index (χ0) is 8.55. The predicted octanol–water partition coefficient (Wildman–Crippen LogP) is 4.58. The third kappa shape index (κ3) is 1.45. The lowest BCUT2D eigenvalue weighted by Crippen LogP contribution is -1.76. The lowest BCUT2D eigenvalue weighted by molar-refractivity contribution is 1.46. The van der Waals surface area contributed by atoms with Crippen molar-refractivity contribution < 1.29 is 0 Å². The maximum Gasteiger partial charge on any atom is 0.0458 e. The number of allylic oxidation sites excluding steroid dienone is 4. The first-order valence-corrected chi connectivity index (χ1v) is 6.04. The van der Waals surface area contributed by atoms with Gasteiger partial charge >= 0.3 is 0 Å². The third-order valence-corrected chi connectivity index (χ3v) is 4.41. The number of halogens is 2. The standard InChI is InChI=1S/C9H6Br2S/c10-7-3-1-2-6(7)9-8(11)4-5-12-9/h1,3-5H,2H2. The molecule has 2 rings (SSSR count). The Morgan fingerprint density at radius 1 is 1.33 bits per heavy atom. The summed E-state index contributed by atoms with van der Waals surface area (Å²) in [5, 5.41) is 2.10. The average molecular weight is 306 g/mol. The Bertz CT molecular complexity index is 360. The average Bonchev–Trinajstić information content (AvgIpc) is 2.59. The van der Waals surface area contributed by atoms with Crippen LogP contribution in [0.3, 0.4) is 0 Å². The van der Waals surface area contributed by atoms with Crippen molar-refractivity contribution in [1.29, 1.82) is 0 Å². The van der Waals surface area contributed by atoms with Gasteiger partial charge in [-0.1, -0.05) is 28.1 Å². The van der Waals surface area contributed by atoms with Crippen LogP contribution in [0.15, 0.2) is 32.6 Å². The lowest BCUT2D eigenvalue weighted by Gasteiger charge is -1.99. The van der Waals surface area contributed by atoms with Crippen LogP contribution >= 0.6 is 43.2 Å². The summed E-state index contributed by atoms with van der Waals surface area (Å²) < 4.78 is 2.41. The van der Waals surface area contributed by atoms with E-state index in [1.165, 1.54) is 19.4 Å². The first kappa shape index (κ1) is 8.73. The van der Waals surface area contributed by atoms with E-state index < -0.39 is 0 Å². The zero-order valence-corrected chi connectivity index (χ0v) is 10.2. The quantitative estimate of drug-likeness (QED) is 0.712. The van der Waals surface area contributed by atoms with Crippen molar-refractivity contribution in [2.45, 2.75) is 6.42 Å². The van der Waals surface area contributed by atoms with E-state index in [-0.39, 0.29) is 0 Å². The van der Waals surface area contributed by atoms with Gasteiger partial charge in [-0.3, -0.25) is 0 Å². The first-order valence-electron chi connectivity index (χ1n) is 3.57. The molecule has 0 amide bonds. The molecule has 0 unspecified atom stereocenters. The Hall–Kier alpha value is 0.140. The van der Waals surface area contributed by atoms with Crippen molar-refractivity contribution in [1.82, 2.24) is 0 Å². The molecule has 1 heterocycles. The van der Waals surface area contributed by atoms with Crippen LogP contribution in [-0.2, 0) is 0 Å². The summed E-state index contributed by atoms with van der Waals surface area (Å²) in [5.74, 6) is 0. The second kappa shape index (κ2) is 3.48. The van der Waals surface area contributed by atoms with Gasteiger partial charge in [-0.25, -0.2) is 0 Å². The first-order chi connectivity index (χ1) is 5.79. The van der Waals surface area contributed by atoms with E-state index in [2.05, 4.69) is 55.5 Å². The van der Waals surface area contributed by atoms with E-state index in [9.17, 15) is 0 Å². The van der Waals surface area contributed by atoms with E-state index in [1.807, 2.05) is 0 Å². The van der Waals surface area contributed by atoms with Crippen LogP contribution in [0.2, 0.25) is 0 Å². The van der Waals surface area contributed by atoms with Crippen LogP contribution in [0.5, 0.6) is 0 Å². The summed E-state index contributed by atoms with van der Waals surface area (Å²) in [4.78, 5) is 1.34. The van der Waals surface area contributed by atoms with Crippen LogP contribution in [0, 0.1) is 0 Å². The van der Waals surface area contributed by atoms with Gasteiger partial charge in [-0.15, -0.1) is 11.3 Å². The minimum atomic E-state index is 1.04. The van der Waals surface area contributed by atoms with Gasteiger partial charge in [-0.05, 0) is 39.4 Å². The molecule has 0 saturated carbocycles. The molecule has 1 aromatic rings. The van der Waals surface area contributed by atoms with Gasteiger partial charge in [0.1, 0.15) is 0 Å². The number of hydrogen-bond donors (Lipinski definition) is 0. The maximum absolute atomic E-state index is 3.54. The molecule has 0 radical (unpaired) electrons. The molecule has 0 saturated heterocycles. The van der Waals surface area contributed by atoms with Gasteiger partial charge in [0.25, 0.3) is 0 Å². The molecular weight excluding hydrogens is 300 g/mol. The molecule has 1 aromatic heterocycles. The number of rotatable bonds is 1. The molecule has 0 bridgehead atoms. The summed E-state index contributed by atoms with van der Waals surface area (Å²) in [6.45, 7) is 0. The van der Waals surface area contributed by atoms with E-state index >= 15 is 0 Å². The van der Waals surface area contributed by atoms with E-state index in [4.69, 9.17) is 0 Å². The molecule has 0 spiro atoms. The Kier molecular flexibility index (Phi) is 2.53. The molecule has 0 fully saturated rings. The van der Waals surface area contributed by atoms with Crippen molar-refractivity contribution in [2.75, 3.05) is 0 Å². The second-order valence-corrected chi connectivity index (χ2v) is 5.16. The molecule has 0 atom stereocenters. The highest BCUT2D eigenvalue weighted by Gasteiger charge is 2.12. The minimum absolute atomic E-state index is 1.04. The molecule has 0 N–H and O–H groups in total. The Morgan fingerprint density at radius 2 is 2.17 bits per heavy atom. The molecule has 1 aliphatic rings. The fourth-order valence-corrected chi connectivity index (χ4v) is 3.55. The van der Waals surface area contributed by atoms with E-state index in [0.29, 0.717) is 0 Å². The Morgan fingerprint density at radius 3 is 2.67 bits per heavy atom. The molecule has 12 heavy (non-hydrogen) atoms. The Balaban J connectivity index is 2.45. The van der Waals surface area contributed by atoms with E-state index in [0.717, 1.165) is 6.42 Å². The monoisotopic (exact) mass is 304 g/mol. The highest BCUT2D eigenvalue weighted by atomic mass is 79.9. The smallest absolute Gasteiger partial charge is 0.0458 e. The van der Waals surface area contributed by atoms with Crippen LogP contribution in [-0.4, -0.2) is 0 Å². The normalized spacial score (nSPS) is 16.2. The number of hydrogen-bond acceptors (Lipinski definition) is 1. The number of thiophene rings is 1. The summed E-state index contributed by atoms with van der Waals surface area (Å²) in [6, 6.07) is 2.09. The summed E-state index contributed by atoms with van der Waals surface area (Å²) >= 11 is 8.85. The van der Waals surface area contributed by atoms with Crippen LogP contribution in [0.25, 0.3) is 5.57 Å². The Labute approximate surface area is 92.2 Å². The highest BCUT2D eigenvalue weighted by molar-refractivity contribution is 9.12. The van der Waals surface area contributed by atoms with Crippen LogP contribution < -0.4 is 0 Å². The van der Waals surface area contributed by atoms with Gasteiger partial charge < -0.3 is 0 Å². The van der Waals surface area contributed by atoms with E-state index in [1.54, 1.807) is 11.3 Å². The minimum Gasteiger partial charge on any atom is -0.143 e. The topological polar surface area (TPSA) is 0 Å². The van der Waals surface area contributed by atoms with Crippen molar-refractivity contribution in [3.8, 4) is 0 Å². The second-order valence-electron chi connectivity index (χ2n) is 2.53. The lowest BCUT2D eigenvalue weighted by atomic mass is 10.2. The van der Waals surface area contributed by atoms with Crippen molar-refractivity contribution in [3.05, 3.63) is 37.4 Å². The summed E-state index contributed by atoms with van der Waals surface area (Å²) in [5.41, 5.74) is 1.39. The summed E-state index contributed by atoms with van der Waals surface area (Å²) in [6.07, 6.45) is 5.33. The fraction of sp³-hybridized carbons (Fsp3) is 0.111. The van der Waals surface area contributed by atoms with Gasteiger partial charge in [0, 0.05) is 13.8 Å². The van der Waals surface area contributed by atoms with Crippen molar-refractivity contribution in [3.63, 3.8) is 0 Å².